The van der Waals surface area contributed by atoms with Gasteiger partial charge in [-0.05, 0) is 18.1 Å². The predicted octanol–water partition coefficient (Wildman–Crippen LogP) is 0.762. The average Bonchev–Trinajstić information content (AvgIpc) is 2.85. The largest absolute Gasteiger partial charge is 0.325 e. The van der Waals surface area contributed by atoms with Gasteiger partial charge in [0.2, 0.25) is 5.91 Å². The zero-order valence-corrected chi connectivity index (χ0v) is 8.66. The number of rotatable bonds is 0. The molecule has 0 unspecified atom stereocenters. The van der Waals surface area contributed by atoms with E-state index in [0.29, 0.717) is 13.0 Å². The average molecular weight is 213 g/mol. The second-order valence-electron chi connectivity index (χ2n) is 4.35. The minimum atomic E-state index is -0.531. The molecule has 80 valence electrons. The molecular formula is C12H11N3O. The Morgan fingerprint density at radius 1 is 1.44 bits per heavy atom. The fraction of sp³-hybridized carbons (Fsp3) is 0.333. The van der Waals surface area contributed by atoms with Crippen LogP contribution in [-0.2, 0) is 10.2 Å². The van der Waals surface area contributed by atoms with Crippen molar-refractivity contribution in [2.45, 2.75) is 17.9 Å². The number of benzene rings is 1. The molecule has 3 rings (SSSR count). The molecule has 0 aliphatic carbocycles. The summed E-state index contributed by atoms with van der Waals surface area (Å²) in [5, 5.41) is 14.9. The second kappa shape index (κ2) is 3.06. The standard InChI is InChI=1S/C12H11N3O/c13-6-8-5-12(7-14-8)9-3-1-2-4-10(9)15-11(12)16/h1-4,8,14H,5,7H2,(H,15,16)/t8-,12-/m0/s1. The fourth-order valence-corrected chi connectivity index (χ4v) is 2.63. The first-order valence-corrected chi connectivity index (χ1v) is 5.30. The van der Waals surface area contributed by atoms with Crippen LogP contribution in [0.5, 0.6) is 0 Å². The van der Waals surface area contributed by atoms with Crippen LogP contribution in [0.4, 0.5) is 5.69 Å². The van der Waals surface area contributed by atoms with Crippen LogP contribution in [0, 0.1) is 11.3 Å². The number of hydrogen-bond donors (Lipinski definition) is 2. The Morgan fingerprint density at radius 2 is 2.25 bits per heavy atom. The van der Waals surface area contributed by atoms with Crippen LogP contribution in [-0.4, -0.2) is 18.5 Å². The van der Waals surface area contributed by atoms with Crippen LogP contribution in [0.1, 0.15) is 12.0 Å². The van der Waals surface area contributed by atoms with E-state index < -0.39 is 5.41 Å². The lowest BCUT2D eigenvalue weighted by Crippen LogP contribution is -2.36. The lowest BCUT2D eigenvalue weighted by molar-refractivity contribution is -0.120. The Morgan fingerprint density at radius 3 is 3.00 bits per heavy atom. The molecule has 1 spiro atoms. The summed E-state index contributed by atoms with van der Waals surface area (Å²) in [7, 11) is 0. The van der Waals surface area contributed by atoms with E-state index in [1.54, 1.807) is 0 Å². The third-order valence-electron chi connectivity index (χ3n) is 3.48. The molecular weight excluding hydrogens is 202 g/mol. The quantitative estimate of drug-likeness (QED) is 0.668. The van der Waals surface area contributed by atoms with E-state index in [-0.39, 0.29) is 11.9 Å². The fourth-order valence-electron chi connectivity index (χ4n) is 2.63. The first-order chi connectivity index (χ1) is 7.76. The molecule has 0 aromatic heterocycles. The minimum absolute atomic E-state index is 0.0129. The number of carbonyl (C=O) groups excluding carboxylic acids is 1. The van der Waals surface area contributed by atoms with E-state index in [1.165, 1.54) is 0 Å². The van der Waals surface area contributed by atoms with Gasteiger partial charge in [0.1, 0.15) is 0 Å². The predicted molar refractivity (Wildman–Crippen MR) is 58.8 cm³/mol. The van der Waals surface area contributed by atoms with Gasteiger partial charge in [-0.2, -0.15) is 5.26 Å². The highest BCUT2D eigenvalue weighted by molar-refractivity contribution is 6.06. The van der Waals surface area contributed by atoms with Gasteiger partial charge in [0, 0.05) is 12.2 Å². The van der Waals surface area contributed by atoms with Gasteiger partial charge >= 0.3 is 0 Å². The van der Waals surface area contributed by atoms with Gasteiger partial charge in [-0.25, -0.2) is 0 Å². The smallest absolute Gasteiger partial charge is 0.236 e. The van der Waals surface area contributed by atoms with Crippen molar-refractivity contribution in [1.82, 2.24) is 5.32 Å². The molecule has 1 fully saturated rings. The molecule has 1 aromatic rings. The molecule has 0 saturated carbocycles. The van der Waals surface area contributed by atoms with Crippen molar-refractivity contribution >= 4 is 11.6 Å². The Hall–Kier alpha value is -1.86. The lowest BCUT2D eigenvalue weighted by atomic mass is 9.80. The maximum absolute atomic E-state index is 12.1. The first kappa shape index (κ1) is 9.37. The second-order valence-corrected chi connectivity index (χ2v) is 4.35. The molecule has 1 saturated heterocycles. The Kier molecular flexibility index (Phi) is 1.79. The van der Waals surface area contributed by atoms with E-state index >= 15 is 0 Å². The summed E-state index contributed by atoms with van der Waals surface area (Å²) in [6.07, 6.45) is 0.562. The summed E-state index contributed by atoms with van der Waals surface area (Å²) in [4.78, 5) is 12.1. The van der Waals surface area contributed by atoms with Crippen molar-refractivity contribution in [2.24, 2.45) is 0 Å². The molecule has 2 atom stereocenters. The molecule has 0 radical (unpaired) electrons. The molecule has 1 aromatic carbocycles. The Bertz CT molecular complexity index is 505. The van der Waals surface area contributed by atoms with Crippen LogP contribution in [0.3, 0.4) is 0 Å². The maximum atomic E-state index is 12.1. The van der Waals surface area contributed by atoms with Gasteiger partial charge in [0.15, 0.2) is 0 Å². The number of anilines is 1. The highest BCUT2D eigenvalue weighted by Crippen LogP contribution is 2.42. The molecule has 2 aliphatic rings. The summed E-state index contributed by atoms with van der Waals surface area (Å²) >= 11 is 0. The molecule has 4 nitrogen and oxygen atoms in total. The first-order valence-electron chi connectivity index (χ1n) is 5.30. The molecule has 16 heavy (non-hydrogen) atoms. The monoisotopic (exact) mass is 213 g/mol. The van der Waals surface area contributed by atoms with Gasteiger partial charge in [-0.15, -0.1) is 0 Å². The highest BCUT2D eigenvalue weighted by atomic mass is 16.2. The van der Waals surface area contributed by atoms with Gasteiger partial charge in [0.05, 0.1) is 17.5 Å². The van der Waals surface area contributed by atoms with Crippen molar-refractivity contribution in [3.63, 3.8) is 0 Å². The van der Waals surface area contributed by atoms with E-state index in [9.17, 15) is 4.79 Å². The third-order valence-corrected chi connectivity index (χ3v) is 3.48. The van der Waals surface area contributed by atoms with Crippen molar-refractivity contribution in [3.8, 4) is 6.07 Å². The maximum Gasteiger partial charge on any atom is 0.236 e. The number of fused-ring (bicyclic) bond motifs is 2. The van der Waals surface area contributed by atoms with Gasteiger partial charge in [-0.1, -0.05) is 18.2 Å². The third kappa shape index (κ3) is 1.04. The summed E-state index contributed by atoms with van der Waals surface area (Å²) in [6.45, 7) is 0.550. The molecule has 0 bridgehead atoms. The molecule has 2 heterocycles. The van der Waals surface area contributed by atoms with Crippen molar-refractivity contribution in [2.75, 3.05) is 11.9 Å². The highest BCUT2D eigenvalue weighted by Gasteiger charge is 2.51. The number of hydrogen-bond acceptors (Lipinski definition) is 3. The molecule has 4 heteroatoms. The molecule has 2 N–H and O–H groups in total. The SMILES string of the molecule is N#C[C@@H]1C[C@@]2(CN1)C(=O)Nc1ccccc12. The van der Waals surface area contributed by atoms with Crippen LogP contribution in [0.25, 0.3) is 0 Å². The van der Waals surface area contributed by atoms with E-state index in [2.05, 4.69) is 16.7 Å². The number of para-hydroxylation sites is 1. The number of nitrogens with one attached hydrogen (secondary N) is 2. The molecule has 2 aliphatic heterocycles. The number of amides is 1. The zero-order valence-electron chi connectivity index (χ0n) is 8.66. The van der Waals surface area contributed by atoms with Crippen molar-refractivity contribution in [3.05, 3.63) is 29.8 Å². The van der Waals surface area contributed by atoms with Crippen molar-refractivity contribution < 1.29 is 4.79 Å². The summed E-state index contributed by atoms with van der Waals surface area (Å²) < 4.78 is 0. The lowest BCUT2D eigenvalue weighted by Gasteiger charge is -2.19. The summed E-state index contributed by atoms with van der Waals surface area (Å²) in [5.74, 6) is 0.0129. The van der Waals surface area contributed by atoms with Crippen molar-refractivity contribution in [1.29, 1.82) is 5.26 Å². The van der Waals surface area contributed by atoms with Crippen LogP contribution < -0.4 is 10.6 Å². The van der Waals surface area contributed by atoms with Gasteiger partial charge in [0.25, 0.3) is 0 Å². The van der Waals surface area contributed by atoms with Crippen LogP contribution in [0.2, 0.25) is 0 Å². The summed E-state index contributed by atoms with van der Waals surface area (Å²) in [5.41, 5.74) is 1.37. The van der Waals surface area contributed by atoms with E-state index in [0.717, 1.165) is 11.3 Å². The van der Waals surface area contributed by atoms with Gasteiger partial charge < -0.3 is 10.6 Å². The topological polar surface area (TPSA) is 64.9 Å². The zero-order chi connectivity index (χ0) is 11.2. The van der Waals surface area contributed by atoms with Gasteiger partial charge in [-0.3, -0.25) is 4.79 Å². The van der Waals surface area contributed by atoms with E-state index in [4.69, 9.17) is 5.26 Å². The number of nitrogens with zero attached hydrogens (tertiary/aromatic N) is 1. The Balaban J connectivity index is 2.09. The number of nitriles is 1. The Labute approximate surface area is 93.3 Å². The molecule has 1 amide bonds. The minimum Gasteiger partial charge on any atom is -0.325 e. The van der Waals surface area contributed by atoms with E-state index in [1.807, 2.05) is 24.3 Å². The number of carbonyl (C=O) groups is 1. The van der Waals surface area contributed by atoms with Crippen LogP contribution >= 0.6 is 0 Å². The normalized spacial score (nSPS) is 31.2. The summed E-state index contributed by atoms with van der Waals surface area (Å²) in [6, 6.07) is 9.66. The van der Waals surface area contributed by atoms with Crippen LogP contribution in [0.15, 0.2) is 24.3 Å².